The minimum Gasteiger partial charge on any atom is -0.508 e. The summed E-state index contributed by atoms with van der Waals surface area (Å²) < 4.78 is 2.30. The summed E-state index contributed by atoms with van der Waals surface area (Å²) in [5.74, 6) is -0.417. The number of benzene rings is 1. The molecule has 1 saturated carbocycles. The molecule has 1 aliphatic rings. The molecule has 7 heteroatoms. The number of aromatic nitrogens is 1. The molecule has 0 radical (unpaired) electrons. The molecule has 3 rings (SSSR count). The molecule has 2 N–H and O–H groups in total. The molecule has 0 unspecified atom stereocenters. The Hall–Kier alpha value is -3.09. The zero-order valence-corrected chi connectivity index (χ0v) is 14.7. The Morgan fingerprint density at radius 2 is 2.12 bits per heavy atom. The first kappa shape index (κ1) is 17.7. The molecule has 136 valence electrons. The highest BCUT2D eigenvalue weighted by Gasteiger charge is 2.26. The Morgan fingerprint density at radius 3 is 2.77 bits per heavy atom. The van der Waals surface area contributed by atoms with E-state index < -0.39 is 4.92 Å². The lowest BCUT2D eigenvalue weighted by atomic mass is 10.1. The summed E-state index contributed by atoms with van der Waals surface area (Å²) in [6, 6.07) is 6.37. The van der Waals surface area contributed by atoms with Crippen molar-refractivity contribution in [2.45, 2.75) is 39.3 Å². The smallest absolute Gasteiger partial charge is 0.270 e. The van der Waals surface area contributed by atoms with Crippen LogP contribution in [0.25, 0.3) is 6.08 Å². The molecule has 1 heterocycles. The van der Waals surface area contributed by atoms with Crippen molar-refractivity contribution in [3.8, 4) is 5.75 Å². The Kier molecular flexibility index (Phi) is 4.79. The van der Waals surface area contributed by atoms with Crippen LogP contribution in [0.15, 0.2) is 30.3 Å². The quantitative estimate of drug-likeness (QED) is 0.471. The topological polar surface area (TPSA) is 97.4 Å². The number of aromatic hydroxyl groups is 1. The SMILES string of the molecule is Cc1cc(/C=C/C(=O)NCc2cc([N+](=O)[O-])ccc2O)c(C)n1C1CC1. The first-order valence-corrected chi connectivity index (χ1v) is 8.47. The van der Waals surface area contributed by atoms with Crippen LogP contribution in [0.3, 0.4) is 0 Å². The summed E-state index contributed by atoms with van der Waals surface area (Å²) in [5.41, 5.74) is 3.50. The third-order valence-corrected chi connectivity index (χ3v) is 4.58. The zero-order valence-electron chi connectivity index (χ0n) is 14.7. The van der Waals surface area contributed by atoms with Gasteiger partial charge in [0.2, 0.25) is 5.91 Å². The fourth-order valence-electron chi connectivity index (χ4n) is 3.10. The van der Waals surface area contributed by atoms with Crippen LogP contribution in [0.2, 0.25) is 0 Å². The van der Waals surface area contributed by atoms with Crippen molar-refractivity contribution < 1.29 is 14.8 Å². The number of nitro benzene ring substituents is 1. The van der Waals surface area contributed by atoms with E-state index in [1.165, 1.54) is 42.8 Å². The summed E-state index contributed by atoms with van der Waals surface area (Å²) in [5, 5.41) is 23.2. The van der Waals surface area contributed by atoms with Crippen molar-refractivity contribution in [2.24, 2.45) is 0 Å². The number of amides is 1. The average Bonchev–Trinajstić information content (AvgIpc) is 3.38. The lowest BCUT2D eigenvalue weighted by Crippen LogP contribution is -2.20. The van der Waals surface area contributed by atoms with Gasteiger partial charge in [-0.15, -0.1) is 0 Å². The molecular weight excluding hydrogens is 334 g/mol. The van der Waals surface area contributed by atoms with Crippen molar-refractivity contribution in [1.29, 1.82) is 0 Å². The van der Waals surface area contributed by atoms with Crippen LogP contribution in [0.4, 0.5) is 5.69 Å². The Labute approximate surface area is 151 Å². The Morgan fingerprint density at radius 1 is 1.38 bits per heavy atom. The maximum Gasteiger partial charge on any atom is 0.270 e. The van der Waals surface area contributed by atoms with Gasteiger partial charge in [0.25, 0.3) is 5.69 Å². The standard InChI is InChI=1S/C19H21N3O4/c1-12-9-14(13(2)21(12)16-4-5-16)3-8-19(24)20-11-15-10-17(22(25)26)6-7-18(15)23/h3,6-10,16,23H,4-5,11H2,1-2H3,(H,20,24)/b8-3+. The highest BCUT2D eigenvalue weighted by Crippen LogP contribution is 2.38. The Balaban J connectivity index is 1.65. The largest absolute Gasteiger partial charge is 0.508 e. The van der Waals surface area contributed by atoms with Crippen molar-refractivity contribution in [1.82, 2.24) is 9.88 Å². The molecule has 26 heavy (non-hydrogen) atoms. The molecule has 1 fully saturated rings. The van der Waals surface area contributed by atoms with Gasteiger partial charge in [-0.2, -0.15) is 0 Å². The van der Waals surface area contributed by atoms with E-state index in [1.54, 1.807) is 6.08 Å². The Bertz CT molecular complexity index is 894. The van der Waals surface area contributed by atoms with Crippen molar-refractivity contribution >= 4 is 17.7 Å². The number of aryl methyl sites for hydroxylation is 1. The van der Waals surface area contributed by atoms with Crippen LogP contribution in [-0.2, 0) is 11.3 Å². The van der Waals surface area contributed by atoms with E-state index >= 15 is 0 Å². The van der Waals surface area contributed by atoms with E-state index in [4.69, 9.17) is 0 Å². The summed E-state index contributed by atoms with van der Waals surface area (Å²) in [4.78, 5) is 22.3. The maximum atomic E-state index is 12.0. The van der Waals surface area contributed by atoms with E-state index in [0.29, 0.717) is 11.6 Å². The van der Waals surface area contributed by atoms with Gasteiger partial charge in [-0.25, -0.2) is 0 Å². The van der Waals surface area contributed by atoms with Gasteiger partial charge in [-0.05, 0) is 50.5 Å². The molecule has 0 aliphatic heterocycles. The molecular formula is C19H21N3O4. The van der Waals surface area contributed by atoms with Crippen molar-refractivity contribution in [3.63, 3.8) is 0 Å². The molecule has 2 aromatic rings. The number of nitrogens with zero attached hydrogens (tertiary/aromatic N) is 2. The third kappa shape index (κ3) is 3.77. The summed E-state index contributed by atoms with van der Waals surface area (Å²) in [6.07, 6.45) is 5.61. The molecule has 0 bridgehead atoms. The number of hydrogen-bond acceptors (Lipinski definition) is 4. The van der Waals surface area contributed by atoms with Gasteiger partial charge < -0.3 is 15.0 Å². The van der Waals surface area contributed by atoms with Gasteiger partial charge >= 0.3 is 0 Å². The normalized spacial score (nSPS) is 13.9. The molecule has 0 atom stereocenters. The summed E-state index contributed by atoms with van der Waals surface area (Å²) >= 11 is 0. The van der Waals surface area contributed by atoms with Gasteiger partial charge in [-0.1, -0.05) is 0 Å². The average molecular weight is 355 g/mol. The maximum absolute atomic E-state index is 12.0. The molecule has 1 aromatic carbocycles. The second kappa shape index (κ2) is 7.03. The monoisotopic (exact) mass is 355 g/mol. The van der Waals surface area contributed by atoms with Gasteiger partial charge in [0.15, 0.2) is 0 Å². The van der Waals surface area contributed by atoms with E-state index in [9.17, 15) is 20.0 Å². The zero-order chi connectivity index (χ0) is 18.8. The number of carbonyl (C=O) groups excluding carboxylic acids is 1. The number of phenols is 1. The fourth-order valence-corrected chi connectivity index (χ4v) is 3.10. The van der Waals surface area contributed by atoms with Crippen LogP contribution in [-0.4, -0.2) is 20.5 Å². The van der Waals surface area contributed by atoms with Crippen molar-refractivity contribution in [3.05, 3.63) is 63.0 Å². The molecule has 1 aliphatic carbocycles. The van der Waals surface area contributed by atoms with Gasteiger partial charge in [0.1, 0.15) is 5.75 Å². The number of carbonyl (C=O) groups is 1. The number of nitro groups is 1. The number of non-ortho nitro benzene ring substituents is 1. The molecule has 1 amide bonds. The number of phenolic OH excluding ortho intramolecular Hbond substituents is 1. The van der Waals surface area contributed by atoms with Crippen molar-refractivity contribution in [2.75, 3.05) is 0 Å². The number of hydrogen-bond donors (Lipinski definition) is 2. The van der Waals surface area contributed by atoms with Crippen LogP contribution < -0.4 is 5.32 Å². The van der Waals surface area contributed by atoms with Gasteiger partial charge in [0.05, 0.1) is 4.92 Å². The molecule has 0 spiro atoms. The minimum absolute atomic E-state index is 0.0117. The van der Waals surface area contributed by atoms with Gasteiger partial charge in [0, 0.05) is 47.7 Å². The third-order valence-electron chi connectivity index (χ3n) is 4.58. The van der Waals surface area contributed by atoms with E-state index in [1.807, 2.05) is 6.92 Å². The predicted octanol–water partition coefficient (Wildman–Crippen LogP) is 3.38. The van der Waals surface area contributed by atoms with Crippen LogP contribution in [0, 0.1) is 24.0 Å². The van der Waals surface area contributed by atoms with Crippen LogP contribution >= 0.6 is 0 Å². The number of nitrogens with one attached hydrogen (secondary N) is 1. The summed E-state index contributed by atoms with van der Waals surface area (Å²) in [7, 11) is 0. The molecule has 7 nitrogen and oxygen atoms in total. The molecule has 1 aromatic heterocycles. The second-order valence-corrected chi connectivity index (χ2v) is 6.55. The van der Waals surface area contributed by atoms with E-state index in [-0.39, 0.29) is 23.9 Å². The predicted molar refractivity (Wildman–Crippen MR) is 97.8 cm³/mol. The lowest BCUT2D eigenvalue weighted by Gasteiger charge is -2.06. The first-order valence-electron chi connectivity index (χ1n) is 8.47. The minimum atomic E-state index is -0.541. The first-order chi connectivity index (χ1) is 12.4. The lowest BCUT2D eigenvalue weighted by molar-refractivity contribution is -0.384. The second-order valence-electron chi connectivity index (χ2n) is 6.55. The van der Waals surface area contributed by atoms with E-state index in [0.717, 1.165) is 11.3 Å². The highest BCUT2D eigenvalue weighted by molar-refractivity contribution is 5.91. The van der Waals surface area contributed by atoms with Gasteiger partial charge in [-0.3, -0.25) is 14.9 Å². The van der Waals surface area contributed by atoms with E-state index in [2.05, 4.69) is 22.9 Å². The van der Waals surface area contributed by atoms with Crippen LogP contribution in [0.5, 0.6) is 5.75 Å². The highest BCUT2D eigenvalue weighted by atomic mass is 16.6. The van der Waals surface area contributed by atoms with Crippen LogP contribution in [0.1, 0.15) is 41.4 Å². The fraction of sp³-hybridized carbons (Fsp3) is 0.316. The summed E-state index contributed by atoms with van der Waals surface area (Å²) in [6.45, 7) is 4.12. The molecule has 0 saturated heterocycles. The number of rotatable bonds is 6.